The average molecular weight is 286 g/mol. The van der Waals surface area contributed by atoms with E-state index in [9.17, 15) is 9.18 Å². The van der Waals surface area contributed by atoms with Gasteiger partial charge in [0.1, 0.15) is 11.2 Å². The van der Waals surface area contributed by atoms with Crippen LogP contribution in [0.2, 0.25) is 0 Å². The van der Waals surface area contributed by atoms with Gasteiger partial charge in [0, 0.05) is 5.56 Å². The lowest BCUT2D eigenvalue weighted by molar-refractivity contribution is -0.143. The number of carboxylic acids is 1. The Bertz CT molecular complexity index is 470. The van der Waals surface area contributed by atoms with Crippen molar-refractivity contribution in [2.24, 2.45) is 0 Å². The van der Waals surface area contributed by atoms with E-state index in [2.05, 4.69) is 15.9 Å². The molecule has 1 atom stereocenters. The second-order valence-electron chi connectivity index (χ2n) is 3.57. The number of hydrogen-bond donors (Lipinski definition) is 1. The van der Waals surface area contributed by atoms with Crippen molar-refractivity contribution < 1.29 is 14.3 Å². The predicted molar refractivity (Wildman–Crippen MR) is 59.3 cm³/mol. The van der Waals surface area contributed by atoms with Crippen molar-refractivity contribution in [1.82, 2.24) is 0 Å². The SMILES string of the molecule is CC(CC#N)(C(=O)O)c1cccc(Br)c1F. The summed E-state index contributed by atoms with van der Waals surface area (Å²) >= 11 is 2.99. The predicted octanol–water partition coefficient (Wildman–Crippen LogP) is 2.84. The minimum Gasteiger partial charge on any atom is -0.481 e. The molecule has 84 valence electrons. The molecule has 0 aliphatic rings. The molecule has 0 saturated heterocycles. The maximum atomic E-state index is 13.8. The normalized spacial score (nSPS) is 13.9. The first kappa shape index (κ1) is 12.7. The van der Waals surface area contributed by atoms with Crippen LogP contribution in [-0.2, 0) is 10.2 Å². The molecule has 0 saturated carbocycles. The summed E-state index contributed by atoms with van der Waals surface area (Å²) in [6, 6.07) is 6.17. The standard InChI is InChI=1S/C11H9BrFNO2/c1-11(5-6-14,10(15)16)7-3-2-4-8(12)9(7)13/h2-4H,5H2,1H3,(H,15,16). The minimum absolute atomic E-state index is 0.0101. The highest BCUT2D eigenvalue weighted by molar-refractivity contribution is 9.10. The number of aliphatic carboxylic acids is 1. The molecule has 1 unspecified atom stereocenters. The van der Waals surface area contributed by atoms with Crippen LogP contribution >= 0.6 is 15.9 Å². The quantitative estimate of drug-likeness (QED) is 0.929. The van der Waals surface area contributed by atoms with Crippen LogP contribution in [0.5, 0.6) is 0 Å². The number of carboxylic acid groups (broad SMARTS) is 1. The first-order valence-electron chi connectivity index (χ1n) is 4.48. The molecule has 1 aromatic carbocycles. The molecule has 0 radical (unpaired) electrons. The zero-order valence-electron chi connectivity index (χ0n) is 8.50. The fourth-order valence-corrected chi connectivity index (χ4v) is 1.74. The van der Waals surface area contributed by atoms with E-state index in [0.29, 0.717) is 0 Å². The smallest absolute Gasteiger partial charge is 0.315 e. The maximum absolute atomic E-state index is 13.8. The molecule has 16 heavy (non-hydrogen) atoms. The van der Waals surface area contributed by atoms with Crippen LogP contribution in [0.25, 0.3) is 0 Å². The van der Waals surface area contributed by atoms with Crippen molar-refractivity contribution >= 4 is 21.9 Å². The third kappa shape index (κ3) is 2.07. The molecule has 0 bridgehead atoms. The third-order valence-electron chi connectivity index (χ3n) is 2.45. The Morgan fingerprint density at radius 1 is 1.69 bits per heavy atom. The van der Waals surface area contributed by atoms with Crippen LogP contribution in [0.1, 0.15) is 18.9 Å². The fraction of sp³-hybridized carbons (Fsp3) is 0.273. The fourth-order valence-electron chi connectivity index (χ4n) is 1.37. The summed E-state index contributed by atoms with van der Waals surface area (Å²) in [5.74, 6) is -1.85. The van der Waals surface area contributed by atoms with Gasteiger partial charge < -0.3 is 5.11 Å². The largest absolute Gasteiger partial charge is 0.481 e. The summed E-state index contributed by atoms with van der Waals surface area (Å²) in [6.07, 6.45) is -0.282. The van der Waals surface area contributed by atoms with Gasteiger partial charge in [0.05, 0.1) is 17.0 Å². The lowest BCUT2D eigenvalue weighted by Crippen LogP contribution is -2.33. The van der Waals surface area contributed by atoms with E-state index in [4.69, 9.17) is 10.4 Å². The Hall–Kier alpha value is -1.41. The van der Waals surface area contributed by atoms with Crippen LogP contribution in [-0.4, -0.2) is 11.1 Å². The first-order chi connectivity index (χ1) is 7.43. The molecule has 1 rings (SSSR count). The van der Waals surface area contributed by atoms with Crippen LogP contribution in [0, 0.1) is 17.1 Å². The molecule has 3 nitrogen and oxygen atoms in total. The summed E-state index contributed by atoms with van der Waals surface area (Å²) in [4.78, 5) is 11.1. The lowest BCUT2D eigenvalue weighted by atomic mass is 9.80. The second kappa shape index (κ2) is 4.62. The highest BCUT2D eigenvalue weighted by Crippen LogP contribution is 2.32. The van der Waals surface area contributed by atoms with Crippen molar-refractivity contribution in [2.75, 3.05) is 0 Å². The highest BCUT2D eigenvalue weighted by Gasteiger charge is 2.37. The number of nitriles is 1. The molecule has 5 heteroatoms. The van der Waals surface area contributed by atoms with Crippen molar-refractivity contribution in [3.8, 4) is 6.07 Å². The Balaban J connectivity index is 3.39. The van der Waals surface area contributed by atoms with Gasteiger partial charge in [-0.25, -0.2) is 4.39 Å². The highest BCUT2D eigenvalue weighted by atomic mass is 79.9. The Kier molecular flexibility index (Phi) is 3.66. The van der Waals surface area contributed by atoms with Crippen molar-refractivity contribution in [1.29, 1.82) is 5.26 Å². The summed E-state index contributed by atoms with van der Waals surface area (Å²) in [6.45, 7) is 1.34. The number of benzene rings is 1. The maximum Gasteiger partial charge on any atom is 0.315 e. The van der Waals surface area contributed by atoms with Gasteiger partial charge in [-0.05, 0) is 28.9 Å². The van der Waals surface area contributed by atoms with Gasteiger partial charge in [-0.3, -0.25) is 4.79 Å². The zero-order valence-corrected chi connectivity index (χ0v) is 10.1. The molecule has 0 aliphatic heterocycles. The zero-order chi connectivity index (χ0) is 12.3. The van der Waals surface area contributed by atoms with E-state index in [1.165, 1.54) is 19.1 Å². The van der Waals surface area contributed by atoms with E-state index < -0.39 is 17.2 Å². The van der Waals surface area contributed by atoms with E-state index >= 15 is 0 Å². The van der Waals surface area contributed by atoms with Crippen LogP contribution < -0.4 is 0 Å². The average Bonchev–Trinajstić information content (AvgIpc) is 2.22. The van der Waals surface area contributed by atoms with Crippen LogP contribution in [0.15, 0.2) is 22.7 Å². The van der Waals surface area contributed by atoms with E-state index in [-0.39, 0.29) is 16.5 Å². The molecule has 0 fully saturated rings. The molecule has 1 N–H and O–H groups in total. The van der Waals surface area contributed by atoms with Crippen LogP contribution in [0.4, 0.5) is 4.39 Å². The molecule has 0 amide bonds. The number of halogens is 2. The summed E-state index contributed by atoms with van der Waals surface area (Å²) in [7, 11) is 0. The second-order valence-corrected chi connectivity index (χ2v) is 4.43. The third-order valence-corrected chi connectivity index (χ3v) is 3.06. The Labute approximate surface area is 101 Å². The molecule has 0 aliphatic carbocycles. The van der Waals surface area contributed by atoms with Gasteiger partial charge in [-0.15, -0.1) is 0 Å². The number of carbonyl (C=O) groups is 1. The first-order valence-corrected chi connectivity index (χ1v) is 5.27. The van der Waals surface area contributed by atoms with Gasteiger partial charge in [0.25, 0.3) is 0 Å². The summed E-state index contributed by atoms with van der Waals surface area (Å²) in [5, 5.41) is 17.7. The Morgan fingerprint density at radius 3 is 2.81 bits per heavy atom. The van der Waals surface area contributed by atoms with Gasteiger partial charge in [-0.1, -0.05) is 12.1 Å². The van der Waals surface area contributed by atoms with E-state index in [0.717, 1.165) is 0 Å². The molecular weight excluding hydrogens is 277 g/mol. The molecule has 1 aromatic rings. The summed E-state index contributed by atoms with van der Waals surface area (Å²) < 4.78 is 14.0. The Morgan fingerprint density at radius 2 is 2.31 bits per heavy atom. The minimum atomic E-state index is -1.53. The van der Waals surface area contributed by atoms with Crippen molar-refractivity contribution in [3.05, 3.63) is 34.1 Å². The van der Waals surface area contributed by atoms with Gasteiger partial charge in [0.2, 0.25) is 0 Å². The molecule has 0 aromatic heterocycles. The number of nitrogens with zero attached hydrogens (tertiary/aromatic N) is 1. The topological polar surface area (TPSA) is 61.1 Å². The van der Waals surface area contributed by atoms with Crippen LogP contribution in [0.3, 0.4) is 0 Å². The van der Waals surface area contributed by atoms with Gasteiger partial charge >= 0.3 is 5.97 Å². The van der Waals surface area contributed by atoms with E-state index in [1.54, 1.807) is 12.1 Å². The van der Waals surface area contributed by atoms with Crippen molar-refractivity contribution in [3.63, 3.8) is 0 Å². The van der Waals surface area contributed by atoms with E-state index in [1.807, 2.05) is 0 Å². The monoisotopic (exact) mass is 285 g/mol. The number of hydrogen-bond acceptors (Lipinski definition) is 2. The molecule has 0 spiro atoms. The van der Waals surface area contributed by atoms with Gasteiger partial charge in [0.15, 0.2) is 0 Å². The number of rotatable bonds is 3. The van der Waals surface area contributed by atoms with Crippen molar-refractivity contribution in [2.45, 2.75) is 18.8 Å². The van der Waals surface area contributed by atoms with Gasteiger partial charge in [-0.2, -0.15) is 5.26 Å². The molecular formula is C11H9BrFNO2. The molecule has 0 heterocycles. The summed E-state index contributed by atoms with van der Waals surface area (Å²) in [5.41, 5.74) is -1.52. The lowest BCUT2D eigenvalue weighted by Gasteiger charge is -2.23.